The molecule has 0 saturated carbocycles. The van der Waals surface area contributed by atoms with Crippen molar-refractivity contribution in [3.05, 3.63) is 0 Å². The second-order valence-corrected chi connectivity index (χ2v) is 3.58. The highest BCUT2D eigenvalue weighted by atomic mass is 16.5. The second kappa shape index (κ2) is 5.97. The molecule has 0 aromatic rings. The highest BCUT2D eigenvalue weighted by Crippen LogP contribution is 2.06. The molecule has 0 rings (SSSR count). The first-order valence-electron chi connectivity index (χ1n) is 4.86. The largest absolute Gasteiger partial charge is 0.469 e. The van der Waals surface area contributed by atoms with Crippen molar-refractivity contribution in [1.29, 1.82) is 0 Å². The van der Waals surface area contributed by atoms with E-state index in [4.69, 9.17) is 0 Å². The van der Waals surface area contributed by atoms with Gasteiger partial charge in [-0.05, 0) is 20.3 Å². The van der Waals surface area contributed by atoms with Crippen molar-refractivity contribution in [2.45, 2.75) is 46.2 Å². The van der Waals surface area contributed by atoms with Crippen LogP contribution in [0.3, 0.4) is 0 Å². The molecule has 0 aliphatic carbocycles. The van der Waals surface area contributed by atoms with Crippen LogP contribution >= 0.6 is 0 Å². The lowest BCUT2D eigenvalue weighted by Crippen LogP contribution is -2.41. The number of methoxy groups -OCH3 is 1. The average molecular weight is 187 g/mol. The summed E-state index contributed by atoms with van der Waals surface area (Å²) in [5.74, 6) is -0.234. The number of rotatable bonds is 5. The zero-order valence-corrected chi connectivity index (χ0v) is 9.26. The molecule has 0 radical (unpaired) electrons. The van der Waals surface area contributed by atoms with Crippen LogP contribution in [0.2, 0.25) is 0 Å². The second-order valence-electron chi connectivity index (χ2n) is 3.58. The lowest BCUT2D eigenvalue weighted by Gasteiger charge is -2.22. The third-order valence-electron chi connectivity index (χ3n) is 2.48. The van der Waals surface area contributed by atoms with Crippen LogP contribution in [0.25, 0.3) is 0 Å². The maximum Gasteiger partial charge on any atom is 0.309 e. The Hall–Kier alpha value is -0.570. The van der Waals surface area contributed by atoms with Gasteiger partial charge in [-0.3, -0.25) is 4.79 Å². The summed E-state index contributed by atoms with van der Waals surface area (Å²) in [5, 5.41) is 3.34. The van der Waals surface area contributed by atoms with E-state index in [-0.39, 0.29) is 17.9 Å². The molecule has 0 saturated heterocycles. The van der Waals surface area contributed by atoms with Gasteiger partial charge in [-0.15, -0.1) is 0 Å². The maximum absolute atomic E-state index is 11.2. The number of carbonyl (C=O) groups excluding carboxylic acids is 1. The molecule has 0 aliphatic rings. The zero-order valence-electron chi connectivity index (χ0n) is 9.26. The van der Waals surface area contributed by atoms with Crippen LogP contribution in [0.4, 0.5) is 0 Å². The summed E-state index contributed by atoms with van der Waals surface area (Å²) in [5.41, 5.74) is 0. The average Bonchev–Trinajstić information content (AvgIpc) is 2.14. The number of esters is 1. The number of nitrogens with one attached hydrogen (secondary N) is 1. The smallest absolute Gasteiger partial charge is 0.309 e. The Labute approximate surface area is 80.8 Å². The van der Waals surface area contributed by atoms with Gasteiger partial charge in [-0.25, -0.2) is 0 Å². The van der Waals surface area contributed by atoms with Gasteiger partial charge in [0.2, 0.25) is 0 Å². The Morgan fingerprint density at radius 1 is 1.38 bits per heavy atom. The van der Waals surface area contributed by atoms with Crippen LogP contribution in [-0.4, -0.2) is 25.2 Å². The number of hydrogen-bond acceptors (Lipinski definition) is 3. The maximum atomic E-state index is 11.2. The predicted molar refractivity (Wildman–Crippen MR) is 53.5 cm³/mol. The van der Waals surface area contributed by atoms with Crippen LogP contribution in [0.5, 0.6) is 0 Å². The number of carbonyl (C=O) groups is 1. The van der Waals surface area contributed by atoms with Crippen molar-refractivity contribution in [1.82, 2.24) is 5.32 Å². The minimum absolute atomic E-state index is 0.0843. The minimum Gasteiger partial charge on any atom is -0.469 e. The molecule has 0 amide bonds. The Morgan fingerprint density at radius 3 is 2.31 bits per heavy atom. The van der Waals surface area contributed by atoms with Gasteiger partial charge in [-0.2, -0.15) is 0 Å². The van der Waals surface area contributed by atoms with Crippen LogP contribution in [0.1, 0.15) is 34.1 Å². The molecule has 3 heteroatoms. The summed E-state index contributed by atoms with van der Waals surface area (Å²) in [4.78, 5) is 11.2. The normalized spacial score (nSPS) is 17.6. The topological polar surface area (TPSA) is 38.3 Å². The van der Waals surface area contributed by atoms with Gasteiger partial charge in [-0.1, -0.05) is 13.8 Å². The van der Waals surface area contributed by atoms with Gasteiger partial charge in [0.05, 0.1) is 13.0 Å². The first kappa shape index (κ1) is 12.4. The lowest BCUT2D eigenvalue weighted by atomic mass is 10.0. The molecule has 0 aromatic carbocycles. The van der Waals surface area contributed by atoms with E-state index in [1.54, 1.807) is 0 Å². The first-order chi connectivity index (χ1) is 6.02. The fraction of sp³-hybridized carbons (Fsp3) is 0.900. The number of hydrogen-bond donors (Lipinski definition) is 1. The first-order valence-corrected chi connectivity index (χ1v) is 4.86. The Balaban J connectivity index is 3.95. The third kappa shape index (κ3) is 4.27. The van der Waals surface area contributed by atoms with Crippen molar-refractivity contribution < 1.29 is 9.53 Å². The molecule has 3 atom stereocenters. The quantitative estimate of drug-likeness (QED) is 0.664. The van der Waals surface area contributed by atoms with Gasteiger partial charge >= 0.3 is 5.97 Å². The molecule has 3 unspecified atom stereocenters. The highest BCUT2D eigenvalue weighted by molar-refractivity contribution is 5.72. The molecular formula is C10H21NO2. The molecule has 0 fully saturated rings. The fourth-order valence-corrected chi connectivity index (χ4v) is 1.10. The van der Waals surface area contributed by atoms with E-state index in [1.165, 1.54) is 7.11 Å². The van der Waals surface area contributed by atoms with Gasteiger partial charge in [0.1, 0.15) is 0 Å². The molecule has 0 aromatic heterocycles. The van der Waals surface area contributed by atoms with Gasteiger partial charge < -0.3 is 10.1 Å². The third-order valence-corrected chi connectivity index (χ3v) is 2.48. The van der Waals surface area contributed by atoms with Gasteiger partial charge in [0, 0.05) is 12.1 Å². The van der Waals surface area contributed by atoms with Crippen molar-refractivity contribution >= 4 is 5.97 Å². The summed E-state index contributed by atoms with van der Waals surface area (Å²) in [6, 6.07) is 0.615. The zero-order chi connectivity index (χ0) is 10.4. The standard InChI is InChI=1S/C10H21NO2/c1-6-7(2)11-9(4)8(3)10(12)13-5/h7-9,11H,6H2,1-5H3. The SMILES string of the molecule is CCC(C)NC(C)C(C)C(=O)OC. The van der Waals surface area contributed by atoms with Gasteiger partial charge in [0.15, 0.2) is 0 Å². The molecule has 3 nitrogen and oxygen atoms in total. The molecule has 0 heterocycles. The van der Waals surface area contributed by atoms with E-state index >= 15 is 0 Å². The van der Waals surface area contributed by atoms with Crippen molar-refractivity contribution in [3.63, 3.8) is 0 Å². The molecular weight excluding hydrogens is 166 g/mol. The summed E-state index contributed by atoms with van der Waals surface area (Å²) in [7, 11) is 1.43. The van der Waals surface area contributed by atoms with E-state index in [0.29, 0.717) is 6.04 Å². The van der Waals surface area contributed by atoms with Gasteiger partial charge in [0.25, 0.3) is 0 Å². The molecule has 0 aliphatic heterocycles. The summed E-state index contributed by atoms with van der Waals surface area (Å²) in [6.07, 6.45) is 1.07. The Bertz CT molecular complexity index is 159. The summed E-state index contributed by atoms with van der Waals surface area (Å²) >= 11 is 0. The van der Waals surface area contributed by atoms with E-state index < -0.39 is 0 Å². The summed E-state index contributed by atoms with van der Waals surface area (Å²) in [6.45, 7) is 8.12. The van der Waals surface area contributed by atoms with E-state index in [0.717, 1.165) is 6.42 Å². The number of ether oxygens (including phenoxy) is 1. The van der Waals surface area contributed by atoms with Crippen LogP contribution in [0.15, 0.2) is 0 Å². The summed E-state index contributed by atoms with van der Waals surface area (Å²) < 4.78 is 4.67. The van der Waals surface area contributed by atoms with E-state index in [2.05, 4.69) is 23.9 Å². The Morgan fingerprint density at radius 2 is 1.92 bits per heavy atom. The molecule has 0 spiro atoms. The van der Waals surface area contributed by atoms with Crippen LogP contribution < -0.4 is 5.32 Å². The van der Waals surface area contributed by atoms with E-state index in [1.807, 2.05) is 13.8 Å². The lowest BCUT2D eigenvalue weighted by molar-refractivity contribution is -0.145. The molecule has 1 N–H and O–H groups in total. The fourth-order valence-electron chi connectivity index (χ4n) is 1.10. The monoisotopic (exact) mass is 187 g/mol. The predicted octanol–water partition coefficient (Wildman–Crippen LogP) is 1.57. The van der Waals surface area contributed by atoms with Crippen molar-refractivity contribution in [2.75, 3.05) is 7.11 Å². The van der Waals surface area contributed by atoms with E-state index in [9.17, 15) is 4.79 Å². The molecule has 13 heavy (non-hydrogen) atoms. The van der Waals surface area contributed by atoms with Crippen molar-refractivity contribution in [2.24, 2.45) is 5.92 Å². The van der Waals surface area contributed by atoms with Crippen LogP contribution in [-0.2, 0) is 9.53 Å². The molecule has 78 valence electrons. The molecule has 0 bridgehead atoms. The van der Waals surface area contributed by atoms with Crippen molar-refractivity contribution in [3.8, 4) is 0 Å². The highest BCUT2D eigenvalue weighted by Gasteiger charge is 2.21. The Kier molecular flexibility index (Phi) is 5.71. The minimum atomic E-state index is -0.150. The van der Waals surface area contributed by atoms with Crippen LogP contribution in [0, 0.1) is 5.92 Å².